The third kappa shape index (κ3) is 5.46. The Bertz CT molecular complexity index is 693. The van der Waals surface area contributed by atoms with Crippen LogP contribution in [0.15, 0.2) is 18.2 Å². The van der Waals surface area contributed by atoms with Crippen LogP contribution in [0.25, 0.3) is 0 Å². The number of methoxy groups -OCH3 is 1. The van der Waals surface area contributed by atoms with E-state index in [0.29, 0.717) is 19.1 Å². The summed E-state index contributed by atoms with van der Waals surface area (Å²) in [5, 5.41) is 3.23. The lowest BCUT2D eigenvalue weighted by atomic mass is 9.92. The molecule has 0 aromatic heterocycles. The molecule has 1 aliphatic heterocycles. The molecular formula is C24H39N3O3. The Kier molecular flexibility index (Phi) is 8.00. The highest BCUT2D eigenvalue weighted by Crippen LogP contribution is 2.36. The van der Waals surface area contributed by atoms with Gasteiger partial charge in [0.05, 0.1) is 13.7 Å². The topological polar surface area (TPSA) is 54.0 Å². The second-order valence-electron chi connectivity index (χ2n) is 9.23. The van der Waals surface area contributed by atoms with Gasteiger partial charge in [-0.3, -0.25) is 9.69 Å². The third-order valence-corrected chi connectivity index (χ3v) is 6.60. The van der Waals surface area contributed by atoms with Crippen LogP contribution in [0, 0.1) is 5.92 Å². The first-order valence-corrected chi connectivity index (χ1v) is 11.5. The van der Waals surface area contributed by atoms with E-state index in [2.05, 4.69) is 36.0 Å². The molecule has 30 heavy (non-hydrogen) atoms. The van der Waals surface area contributed by atoms with Gasteiger partial charge in [-0.1, -0.05) is 32.8 Å². The molecule has 1 saturated heterocycles. The van der Waals surface area contributed by atoms with Crippen molar-refractivity contribution in [3.8, 4) is 11.5 Å². The van der Waals surface area contributed by atoms with Gasteiger partial charge in [-0.15, -0.1) is 0 Å². The van der Waals surface area contributed by atoms with Crippen LogP contribution < -0.4 is 14.8 Å². The largest absolute Gasteiger partial charge is 0.493 e. The number of hydrogen-bond donors (Lipinski definition) is 1. The van der Waals surface area contributed by atoms with Crippen molar-refractivity contribution in [3.05, 3.63) is 23.8 Å². The predicted molar refractivity (Wildman–Crippen MR) is 120 cm³/mol. The molecule has 6 nitrogen and oxygen atoms in total. The molecule has 1 aromatic rings. The van der Waals surface area contributed by atoms with E-state index in [1.165, 1.54) is 0 Å². The second-order valence-corrected chi connectivity index (χ2v) is 9.23. The molecule has 0 radical (unpaired) electrons. The molecule has 2 aliphatic rings. The fourth-order valence-corrected chi connectivity index (χ4v) is 4.57. The van der Waals surface area contributed by atoms with Crippen LogP contribution >= 0.6 is 0 Å². The summed E-state index contributed by atoms with van der Waals surface area (Å²) < 4.78 is 11.4. The maximum Gasteiger partial charge on any atom is 0.240 e. The summed E-state index contributed by atoms with van der Waals surface area (Å²) in [6, 6.07) is 5.94. The van der Waals surface area contributed by atoms with Gasteiger partial charge in [-0.25, -0.2) is 0 Å². The summed E-state index contributed by atoms with van der Waals surface area (Å²) in [6.45, 7) is 9.57. The monoisotopic (exact) mass is 417 g/mol. The van der Waals surface area contributed by atoms with Crippen molar-refractivity contribution in [2.24, 2.45) is 5.92 Å². The normalized spacial score (nSPS) is 19.8. The first-order valence-electron chi connectivity index (χ1n) is 11.5. The number of nitrogens with zero attached hydrogens (tertiary/aromatic N) is 2. The van der Waals surface area contributed by atoms with E-state index in [4.69, 9.17) is 9.47 Å². The number of amides is 1. The van der Waals surface area contributed by atoms with E-state index >= 15 is 0 Å². The number of rotatable bonds is 9. The number of carbonyl (C=O) groups excluding carboxylic acids is 1. The van der Waals surface area contributed by atoms with E-state index in [9.17, 15) is 4.79 Å². The number of ether oxygens (including phenoxy) is 2. The van der Waals surface area contributed by atoms with Gasteiger partial charge in [0.25, 0.3) is 0 Å². The Morgan fingerprint density at radius 3 is 2.47 bits per heavy atom. The molecule has 0 atom stereocenters. The van der Waals surface area contributed by atoms with Crippen molar-refractivity contribution in [3.63, 3.8) is 0 Å². The van der Waals surface area contributed by atoms with Crippen molar-refractivity contribution >= 4 is 5.91 Å². The molecule has 2 fully saturated rings. The molecule has 6 heteroatoms. The average molecular weight is 418 g/mol. The van der Waals surface area contributed by atoms with Crippen LogP contribution in [0.4, 0.5) is 0 Å². The number of benzene rings is 1. The number of nitrogens with one attached hydrogen (secondary N) is 1. The van der Waals surface area contributed by atoms with Crippen LogP contribution in [0.2, 0.25) is 0 Å². The Morgan fingerprint density at radius 1 is 1.13 bits per heavy atom. The fraction of sp³-hybridized carbons (Fsp3) is 0.708. The van der Waals surface area contributed by atoms with E-state index in [1.54, 1.807) is 7.11 Å². The quantitative estimate of drug-likeness (QED) is 0.668. The average Bonchev–Trinajstić information content (AvgIpc) is 3.24. The van der Waals surface area contributed by atoms with Crippen molar-refractivity contribution in [1.29, 1.82) is 0 Å². The minimum Gasteiger partial charge on any atom is -0.493 e. The number of likely N-dealkylation sites (N-methyl/N-ethyl adjacent to an activating group) is 1. The third-order valence-electron chi connectivity index (χ3n) is 6.60. The van der Waals surface area contributed by atoms with Crippen LogP contribution in [0.1, 0.15) is 51.5 Å². The van der Waals surface area contributed by atoms with Gasteiger partial charge >= 0.3 is 0 Å². The van der Waals surface area contributed by atoms with Gasteiger partial charge in [-0.2, -0.15) is 0 Å². The lowest BCUT2D eigenvalue weighted by Gasteiger charge is -2.44. The molecule has 1 N–H and O–H groups in total. The molecule has 0 spiro atoms. The zero-order chi connectivity index (χ0) is 21.6. The summed E-state index contributed by atoms with van der Waals surface area (Å²) in [6.07, 6.45) is 5.21. The minimum atomic E-state index is -0.328. The van der Waals surface area contributed by atoms with Crippen LogP contribution in [-0.2, 0) is 11.3 Å². The second kappa shape index (κ2) is 10.5. The Hall–Kier alpha value is -1.79. The van der Waals surface area contributed by atoms with Gasteiger partial charge in [-0.05, 0) is 49.9 Å². The van der Waals surface area contributed by atoms with Crippen molar-refractivity contribution < 1.29 is 14.3 Å². The van der Waals surface area contributed by atoms with E-state index in [0.717, 1.165) is 75.3 Å². The van der Waals surface area contributed by atoms with E-state index < -0.39 is 0 Å². The van der Waals surface area contributed by atoms with Crippen LogP contribution in [0.3, 0.4) is 0 Å². The highest BCUT2D eigenvalue weighted by molar-refractivity contribution is 5.86. The maximum absolute atomic E-state index is 13.3. The minimum absolute atomic E-state index is 0.181. The summed E-state index contributed by atoms with van der Waals surface area (Å²) in [7, 11) is 3.82. The van der Waals surface area contributed by atoms with Crippen molar-refractivity contribution in [2.45, 2.75) is 58.0 Å². The first-order chi connectivity index (χ1) is 14.4. The lowest BCUT2D eigenvalue weighted by molar-refractivity contribution is -0.135. The summed E-state index contributed by atoms with van der Waals surface area (Å²) in [5.41, 5.74) is 0.702. The maximum atomic E-state index is 13.3. The summed E-state index contributed by atoms with van der Waals surface area (Å²) >= 11 is 0. The van der Waals surface area contributed by atoms with Crippen molar-refractivity contribution in [1.82, 2.24) is 15.1 Å². The first kappa shape index (κ1) is 22.9. The predicted octanol–water partition coefficient (Wildman–Crippen LogP) is 3.30. The molecule has 1 saturated carbocycles. The van der Waals surface area contributed by atoms with Crippen molar-refractivity contribution in [2.75, 3.05) is 46.9 Å². The van der Waals surface area contributed by atoms with E-state index in [-0.39, 0.29) is 11.4 Å². The van der Waals surface area contributed by atoms with Gasteiger partial charge in [0.2, 0.25) is 5.91 Å². The van der Waals surface area contributed by atoms with E-state index in [1.807, 2.05) is 18.2 Å². The number of piperazine rings is 1. The number of hydrogen-bond acceptors (Lipinski definition) is 5. The zero-order valence-corrected chi connectivity index (χ0v) is 19.2. The number of carbonyl (C=O) groups is 1. The van der Waals surface area contributed by atoms with Gasteiger partial charge in [0.15, 0.2) is 11.5 Å². The van der Waals surface area contributed by atoms with Crippen LogP contribution in [0.5, 0.6) is 11.5 Å². The SMILES string of the molecule is COc1cc(CNC(=O)C2(N3CCN(C)CC3)CCCC2)ccc1OCCC(C)C. The Labute approximate surface area is 181 Å². The molecule has 168 valence electrons. The molecule has 0 bridgehead atoms. The molecule has 0 unspecified atom stereocenters. The van der Waals surface area contributed by atoms with Gasteiger partial charge < -0.3 is 19.7 Å². The smallest absolute Gasteiger partial charge is 0.240 e. The lowest BCUT2D eigenvalue weighted by Crippen LogP contribution is -2.61. The summed E-state index contributed by atoms with van der Waals surface area (Å²) in [4.78, 5) is 18.1. The van der Waals surface area contributed by atoms with Gasteiger partial charge in [0.1, 0.15) is 5.54 Å². The molecule has 1 heterocycles. The van der Waals surface area contributed by atoms with Crippen LogP contribution in [-0.4, -0.2) is 68.2 Å². The molecule has 1 aromatic carbocycles. The van der Waals surface area contributed by atoms with Gasteiger partial charge in [0, 0.05) is 32.7 Å². The highest BCUT2D eigenvalue weighted by atomic mass is 16.5. The molecule has 1 aliphatic carbocycles. The standard InChI is InChI=1S/C24H39N3O3/c1-19(2)9-16-30-21-8-7-20(17-22(21)29-4)18-25-23(28)24(10-5-6-11-24)27-14-12-26(3)13-15-27/h7-8,17,19H,5-6,9-16,18H2,1-4H3,(H,25,28). The molecule has 1 amide bonds. The molecular weight excluding hydrogens is 378 g/mol. The highest BCUT2D eigenvalue weighted by Gasteiger charge is 2.46. The Balaban J connectivity index is 1.61. The molecule has 3 rings (SSSR count). The fourth-order valence-electron chi connectivity index (χ4n) is 4.57. The summed E-state index contributed by atoms with van der Waals surface area (Å²) in [5.74, 6) is 2.27. The zero-order valence-electron chi connectivity index (χ0n) is 19.2. The Morgan fingerprint density at radius 2 is 1.83 bits per heavy atom.